The fourth-order valence-electron chi connectivity index (χ4n) is 3.29. The number of rotatable bonds is 3. The smallest absolute Gasteiger partial charge is 0.417 e. The minimum atomic E-state index is -1.05. The van der Waals surface area contributed by atoms with Crippen molar-refractivity contribution in [2.45, 2.75) is 52.0 Å². The normalized spacial score (nSPS) is 28.7. The van der Waals surface area contributed by atoms with Gasteiger partial charge in [-0.05, 0) is 34.1 Å². The number of carbonyl (C=O) groups is 3. The summed E-state index contributed by atoms with van der Waals surface area (Å²) in [5.74, 6) is -0.984. The van der Waals surface area contributed by atoms with Gasteiger partial charge in [0, 0.05) is 5.92 Å². The number of amides is 2. The summed E-state index contributed by atoms with van der Waals surface area (Å²) in [6.07, 6.45) is 3.83. The highest BCUT2D eigenvalue weighted by Crippen LogP contribution is 2.39. The number of methoxy groups -OCH3 is 1. The molecule has 1 fully saturated rings. The summed E-state index contributed by atoms with van der Waals surface area (Å²) < 4.78 is 21.1. The lowest BCUT2D eigenvalue weighted by Gasteiger charge is -2.25. The molecule has 0 aromatic heterocycles. The van der Waals surface area contributed by atoms with E-state index in [0.717, 1.165) is 4.90 Å². The molecule has 2 aliphatic heterocycles. The molecule has 3 rings (SSSR count). The maximum atomic E-state index is 12.8. The van der Waals surface area contributed by atoms with Gasteiger partial charge in [0.25, 0.3) is 5.91 Å². The summed E-state index contributed by atoms with van der Waals surface area (Å²) in [5.41, 5.74) is -0.0762. The van der Waals surface area contributed by atoms with Gasteiger partial charge in [-0.2, -0.15) is 0 Å². The topological polar surface area (TPSA) is 91.4 Å². The van der Waals surface area contributed by atoms with Gasteiger partial charge in [-0.1, -0.05) is 12.2 Å². The second kappa shape index (κ2) is 6.75. The van der Waals surface area contributed by atoms with Crippen LogP contribution >= 0.6 is 0 Å². The Labute approximate surface area is 157 Å². The quantitative estimate of drug-likeness (QED) is 0.323. The summed E-state index contributed by atoms with van der Waals surface area (Å²) in [4.78, 5) is 38.1. The number of allylic oxidation sites excluding steroid dienone is 1. The van der Waals surface area contributed by atoms with Crippen LogP contribution in [-0.2, 0) is 28.5 Å². The number of cyclic esters (lactones) is 1. The first-order valence-corrected chi connectivity index (χ1v) is 8.68. The van der Waals surface area contributed by atoms with Crippen molar-refractivity contribution in [1.82, 2.24) is 4.90 Å². The Balaban J connectivity index is 1.81. The van der Waals surface area contributed by atoms with E-state index in [1.54, 1.807) is 27.7 Å². The van der Waals surface area contributed by atoms with Gasteiger partial charge in [-0.3, -0.25) is 4.79 Å². The molecule has 27 heavy (non-hydrogen) atoms. The highest BCUT2D eigenvalue weighted by atomic mass is 16.7. The monoisotopic (exact) mass is 377 g/mol. The van der Waals surface area contributed by atoms with Crippen LogP contribution in [0, 0.1) is 5.92 Å². The number of fused-ring (bicyclic) bond motifs is 1. The van der Waals surface area contributed by atoms with Gasteiger partial charge in [-0.15, -0.1) is 0 Å². The lowest BCUT2D eigenvalue weighted by atomic mass is 9.98. The van der Waals surface area contributed by atoms with Crippen LogP contribution in [-0.4, -0.2) is 47.9 Å². The Bertz CT molecular complexity index is 771. The molecule has 3 aliphatic rings. The standard InChI is InChI=1S/C19H23NO7/c1-10-14(24-5)17(26-16(10)22)25-9-12-11-7-6-8-13(11)20(15(12)21)18(23)27-19(2,3)4/h6,8-9,11,13,17H,7H2,1-5H3/b12-9+/t11-,13-,17?/m1/s1. The third-order valence-electron chi connectivity index (χ3n) is 4.53. The first-order valence-electron chi connectivity index (χ1n) is 8.68. The second-order valence-electron chi connectivity index (χ2n) is 7.56. The van der Waals surface area contributed by atoms with Crippen LogP contribution in [0.25, 0.3) is 0 Å². The molecule has 1 unspecified atom stereocenters. The summed E-state index contributed by atoms with van der Waals surface area (Å²) >= 11 is 0. The van der Waals surface area contributed by atoms with Crippen molar-refractivity contribution in [3.8, 4) is 0 Å². The first-order chi connectivity index (χ1) is 12.6. The molecule has 3 atom stereocenters. The molecule has 2 amide bonds. The molecule has 0 spiro atoms. The van der Waals surface area contributed by atoms with E-state index in [0.29, 0.717) is 17.6 Å². The number of ether oxygens (including phenoxy) is 4. The van der Waals surface area contributed by atoms with Gasteiger partial charge in [-0.25, -0.2) is 14.5 Å². The van der Waals surface area contributed by atoms with E-state index in [-0.39, 0.29) is 11.7 Å². The van der Waals surface area contributed by atoms with Crippen molar-refractivity contribution in [2.75, 3.05) is 7.11 Å². The zero-order chi connectivity index (χ0) is 19.9. The number of nitrogens with zero attached hydrogens (tertiary/aromatic N) is 1. The van der Waals surface area contributed by atoms with E-state index in [4.69, 9.17) is 18.9 Å². The molecule has 8 heteroatoms. The molecule has 0 aromatic rings. The molecular weight excluding hydrogens is 354 g/mol. The molecular formula is C19H23NO7. The fourth-order valence-corrected chi connectivity index (χ4v) is 3.29. The third-order valence-corrected chi connectivity index (χ3v) is 4.53. The molecule has 0 N–H and O–H groups in total. The van der Waals surface area contributed by atoms with Gasteiger partial charge in [0.1, 0.15) is 5.60 Å². The maximum absolute atomic E-state index is 12.8. The van der Waals surface area contributed by atoms with Gasteiger partial charge < -0.3 is 18.9 Å². The SMILES string of the molecule is COC1=C(C)C(=O)OC1O/C=C1/C(=O)N(C(=O)OC(C)(C)C)[C@@H]2C=CC[C@H]12. The largest absolute Gasteiger partial charge is 0.493 e. The van der Waals surface area contributed by atoms with Crippen LogP contribution in [0.1, 0.15) is 34.1 Å². The lowest BCUT2D eigenvalue weighted by Crippen LogP contribution is -2.42. The summed E-state index contributed by atoms with van der Waals surface area (Å²) in [6, 6.07) is -0.410. The number of esters is 1. The average molecular weight is 377 g/mol. The minimum Gasteiger partial charge on any atom is -0.493 e. The Morgan fingerprint density at radius 3 is 2.67 bits per heavy atom. The molecule has 8 nitrogen and oxygen atoms in total. The third kappa shape index (κ3) is 3.43. The van der Waals surface area contributed by atoms with Crippen molar-refractivity contribution in [3.63, 3.8) is 0 Å². The predicted molar refractivity (Wildman–Crippen MR) is 92.9 cm³/mol. The van der Waals surface area contributed by atoms with Crippen molar-refractivity contribution in [3.05, 3.63) is 35.3 Å². The van der Waals surface area contributed by atoms with Crippen LogP contribution in [0.4, 0.5) is 4.79 Å². The second-order valence-corrected chi connectivity index (χ2v) is 7.56. The van der Waals surface area contributed by atoms with Gasteiger partial charge in [0.05, 0.1) is 30.6 Å². The molecule has 0 aromatic carbocycles. The predicted octanol–water partition coefficient (Wildman–Crippen LogP) is 2.41. The molecule has 1 aliphatic carbocycles. The van der Waals surface area contributed by atoms with Gasteiger partial charge in [0.2, 0.25) is 0 Å². The Morgan fingerprint density at radius 1 is 1.33 bits per heavy atom. The van der Waals surface area contributed by atoms with E-state index in [9.17, 15) is 14.4 Å². The van der Waals surface area contributed by atoms with Gasteiger partial charge in [0.15, 0.2) is 5.76 Å². The fraction of sp³-hybridized carbons (Fsp3) is 0.526. The van der Waals surface area contributed by atoms with Crippen LogP contribution in [0.15, 0.2) is 35.3 Å². The Hall–Kier alpha value is -2.77. The van der Waals surface area contributed by atoms with Crippen molar-refractivity contribution >= 4 is 18.0 Å². The zero-order valence-corrected chi connectivity index (χ0v) is 16.0. The lowest BCUT2D eigenvalue weighted by molar-refractivity contribution is -0.155. The summed E-state index contributed by atoms with van der Waals surface area (Å²) in [5, 5.41) is 0. The van der Waals surface area contributed by atoms with Crippen molar-refractivity contribution in [2.24, 2.45) is 5.92 Å². The zero-order valence-electron chi connectivity index (χ0n) is 16.0. The number of carbonyl (C=O) groups excluding carboxylic acids is 3. The van der Waals surface area contributed by atoms with Crippen LogP contribution in [0.2, 0.25) is 0 Å². The number of hydrogen-bond donors (Lipinski definition) is 0. The number of imide groups is 1. The molecule has 2 heterocycles. The molecule has 0 saturated carbocycles. The summed E-state index contributed by atoms with van der Waals surface area (Å²) in [6.45, 7) is 6.79. The van der Waals surface area contributed by atoms with Crippen molar-refractivity contribution in [1.29, 1.82) is 0 Å². The van der Waals surface area contributed by atoms with Crippen LogP contribution < -0.4 is 0 Å². The number of hydrogen-bond acceptors (Lipinski definition) is 7. The minimum absolute atomic E-state index is 0.224. The van der Waals surface area contributed by atoms with Crippen LogP contribution in [0.3, 0.4) is 0 Å². The highest BCUT2D eigenvalue weighted by molar-refractivity contribution is 6.06. The Morgan fingerprint density at radius 2 is 2.04 bits per heavy atom. The molecule has 146 valence electrons. The average Bonchev–Trinajstić information content (AvgIpc) is 3.18. The van der Waals surface area contributed by atoms with E-state index in [1.807, 2.05) is 12.2 Å². The van der Waals surface area contributed by atoms with E-state index < -0.39 is 35.9 Å². The maximum Gasteiger partial charge on any atom is 0.417 e. The van der Waals surface area contributed by atoms with E-state index >= 15 is 0 Å². The molecule has 0 bridgehead atoms. The van der Waals surface area contributed by atoms with Crippen molar-refractivity contribution < 1.29 is 33.3 Å². The summed E-state index contributed by atoms with van der Waals surface area (Å²) in [7, 11) is 1.41. The molecule has 1 saturated heterocycles. The molecule has 0 radical (unpaired) electrons. The first kappa shape index (κ1) is 19.0. The van der Waals surface area contributed by atoms with Gasteiger partial charge >= 0.3 is 18.4 Å². The highest BCUT2D eigenvalue weighted by Gasteiger charge is 2.49. The number of likely N-dealkylation sites (tertiary alicyclic amines) is 1. The Kier molecular flexibility index (Phi) is 4.75. The van der Waals surface area contributed by atoms with E-state index in [2.05, 4.69) is 0 Å². The van der Waals surface area contributed by atoms with E-state index in [1.165, 1.54) is 13.4 Å². The van der Waals surface area contributed by atoms with Crippen LogP contribution in [0.5, 0.6) is 0 Å².